The van der Waals surface area contributed by atoms with Crippen molar-refractivity contribution in [2.45, 2.75) is 6.18 Å². The Hall–Kier alpha value is -0.915. The molecule has 82 valence electrons. The molecule has 0 fully saturated rings. The van der Waals surface area contributed by atoms with E-state index in [4.69, 9.17) is 21.6 Å². The topological polar surface area (TPSA) is 49.7 Å². The third-order valence-electron chi connectivity index (χ3n) is 1.48. The molecule has 0 aliphatic heterocycles. The lowest BCUT2D eigenvalue weighted by Gasteiger charge is -2.11. The Morgan fingerprint density at radius 1 is 1.27 bits per heavy atom. The molecule has 0 heterocycles. The third kappa shape index (κ3) is 3.30. The summed E-state index contributed by atoms with van der Waals surface area (Å²) in [5.74, 6) is -0.332. The van der Waals surface area contributed by atoms with Gasteiger partial charge in [-0.1, -0.05) is 11.6 Å². The van der Waals surface area contributed by atoms with E-state index in [1.165, 1.54) is 0 Å². The molecule has 1 rings (SSSR count). The van der Waals surface area contributed by atoms with E-state index >= 15 is 0 Å². The predicted octanol–water partition coefficient (Wildman–Crippen LogP) is 1.71. The maximum absolute atomic E-state index is 12.3. The van der Waals surface area contributed by atoms with Crippen LogP contribution in [0, 0.1) is 0 Å². The Balaban J connectivity index is 3.06. The van der Waals surface area contributed by atoms with Gasteiger partial charge in [0.2, 0.25) is 0 Å². The number of rotatable bonds is 2. The Kier molecular flexibility index (Phi) is 3.48. The highest BCUT2D eigenvalue weighted by molar-refractivity contribution is 6.34. The molecule has 2 N–H and O–H groups in total. The van der Waals surface area contributed by atoms with Crippen molar-refractivity contribution in [3.05, 3.63) is 28.8 Å². The summed E-state index contributed by atoms with van der Waals surface area (Å²) in [5.41, 5.74) is -1.10. The molecule has 0 aliphatic carbocycles. The fourth-order valence-corrected chi connectivity index (χ4v) is 1.14. The van der Waals surface area contributed by atoms with Crippen molar-refractivity contribution in [1.29, 1.82) is 0 Å². The quantitative estimate of drug-likeness (QED) is 0.774. The molecule has 0 atom stereocenters. The molecule has 0 bridgehead atoms. The van der Waals surface area contributed by atoms with E-state index in [0.717, 1.165) is 12.1 Å². The summed E-state index contributed by atoms with van der Waals surface area (Å²) in [5, 5.41) is 16.3. The van der Waals surface area contributed by atoms with Gasteiger partial charge in [0.15, 0.2) is 0 Å². The number of halogens is 4. The Morgan fingerprint density at radius 2 is 1.87 bits per heavy atom. The van der Waals surface area contributed by atoms with Crippen LogP contribution in [0.4, 0.5) is 13.2 Å². The average molecular weight is 240 g/mol. The van der Waals surface area contributed by atoms with Crippen LogP contribution in [0.2, 0.25) is 5.02 Å². The fraction of sp³-hybridized carbons (Fsp3) is 0.143. The summed E-state index contributed by atoms with van der Waals surface area (Å²) < 4.78 is 41.2. The van der Waals surface area contributed by atoms with Gasteiger partial charge in [-0.2, -0.15) is 13.2 Å². The molecule has 0 unspecified atom stereocenters. The third-order valence-corrected chi connectivity index (χ3v) is 1.81. The highest BCUT2D eigenvalue weighted by Crippen LogP contribution is 2.36. The van der Waals surface area contributed by atoms with E-state index in [-0.39, 0.29) is 5.75 Å². The first-order valence-electron chi connectivity index (χ1n) is 3.70. The summed E-state index contributed by atoms with van der Waals surface area (Å²) >= 11 is 5.32. The van der Waals surface area contributed by atoms with Gasteiger partial charge in [-0.05, 0) is 18.2 Å². The summed E-state index contributed by atoms with van der Waals surface area (Å²) in [4.78, 5) is 0. The molecule has 3 nitrogen and oxygen atoms in total. The lowest BCUT2D eigenvalue weighted by atomic mass is 10.2. The molecule has 0 spiro atoms. The van der Waals surface area contributed by atoms with Crippen LogP contribution < -0.4 is 4.65 Å². The average Bonchev–Trinajstić information content (AvgIpc) is 2.05. The summed E-state index contributed by atoms with van der Waals surface area (Å²) in [7, 11) is -2.17. The Bertz CT molecular complexity index is 356. The van der Waals surface area contributed by atoms with E-state index in [0.29, 0.717) is 6.07 Å². The van der Waals surface area contributed by atoms with Gasteiger partial charge < -0.3 is 14.7 Å². The predicted molar refractivity (Wildman–Crippen MR) is 47.3 cm³/mol. The molecule has 0 saturated heterocycles. The van der Waals surface area contributed by atoms with Crippen molar-refractivity contribution >= 4 is 18.9 Å². The highest BCUT2D eigenvalue weighted by atomic mass is 35.5. The van der Waals surface area contributed by atoms with Gasteiger partial charge in [0.05, 0.1) is 10.6 Å². The van der Waals surface area contributed by atoms with Crippen molar-refractivity contribution in [3.63, 3.8) is 0 Å². The number of hydrogen-bond donors (Lipinski definition) is 2. The number of hydrogen-bond acceptors (Lipinski definition) is 3. The molecule has 8 heteroatoms. The van der Waals surface area contributed by atoms with Crippen LogP contribution in [0.25, 0.3) is 0 Å². The molecule has 0 saturated carbocycles. The standard InChI is InChI=1S/C7H5BClF3O3/c9-6-2-1-4(15-8(13)14)3-5(6)7(10,11)12/h1-3,13-14H. The van der Waals surface area contributed by atoms with Crippen LogP contribution in [0.15, 0.2) is 18.2 Å². The maximum Gasteiger partial charge on any atom is 0.707 e. The van der Waals surface area contributed by atoms with Crippen molar-refractivity contribution in [2.75, 3.05) is 0 Å². The van der Waals surface area contributed by atoms with Gasteiger partial charge in [0, 0.05) is 0 Å². The van der Waals surface area contributed by atoms with Gasteiger partial charge in [-0.3, -0.25) is 0 Å². The van der Waals surface area contributed by atoms with Gasteiger partial charge in [0.25, 0.3) is 0 Å². The van der Waals surface area contributed by atoms with Crippen LogP contribution in [0.5, 0.6) is 5.75 Å². The molecule has 1 aromatic carbocycles. The van der Waals surface area contributed by atoms with E-state index in [2.05, 4.69) is 4.65 Å². The SMILES string of the molecule is OB(O)Oc1ccc(Cl)c(C(F)(F)F)c1. The minimum Gasteiger partial charge on any atom is -0.512 e. The minimum absolute atomic E-state index is 0.332. The van der Waals surface area contributed by atoms with Crippen molar-refractivity contribution < 1.29 is 27.9 Å². The van der Waals surface area contributed by atoms with Crippen LogP contribution in [-0.4, -0.2) is 17.4 Å². The van der Waals surface area contributed by atoms with E-state index < -0.39 is 24.1 Å². The molecule has 1 aromatic rings. The zero-order valence-corrected chi connectivity index (χ0v) is 7.88. The lowest BCUT2D eigenvalue weighted by molar-refractivity contribution is -0.137. The Labute approximate surface area is 88.2 Å². The molecule has 0 amide bonds. The largest absolute Gasteiger partial charge is 0.707 e. The smallest absolute Gasteiger partial charge is 0.512 e. The summed E-state index contributed by atoms with van der Waals surface area (Å²) in [6.45, 7) is 0. The van der Waals surface area contributed by atoms with Crippen molar-refractivity contribution in [1.82, 2.24) is 0 Å². The van der Waals surface area contributed by atoms with Gasteiger partial charge in [0.1, 0.15) is 5.75 Å². The highest BCUT2D eigenvalue weighted by Gasteiger charge is 2.33. The number of benzene rings is 1. The zero-order valence-electron chi connectivity index (χ0n) is 7.12. The lowest BCUT2D eigenvalue weighted by Crippen LogP contribution is -2.20. The second-order valence-electron chi connectivity index (χ2n) is 2.58. The molecular formula is C7H5BClF3O3. The zero-order chi connectivity index (χ0) is 11.6. The Morgan fingerprint density at radius 3 is 2.33 bits per heavy atom. The molecule has 15 heavy (non-hydrogen) atoms. The summed E-state index contributed by atoms with van der Waals surface area (Å²) in [6, 6.07) is 2.64. The number of alkyl halides is 3. The molecule has 0 radical (unpaired) electrons. The monoisotopic (exact) mass is 240 g/mol. The van der Waals surface area contributed by atoms with E-state index in [9.17, 15) is 13.2 Å². The van der Waals surface area contributed by atoms with Crippen LogP contribution >= 0.6 is 11.6 Å². The van der Waals surface area contributed by atoms with E-state index in [1.54, 1.807) is 0 Å². The van der Waals surface area contributed by atoms with Gasteiger partial charge >= 0.3 is 13.5 Å². The van der Waals surface area contributed by atoms with Crippen molar-refractivity contribution in [3.8, 4) is 5.75 Å². The van der Waals surface area contributed by atoms with Crippen LogP contribution in [0.3, 0.4) is 0 Å². The molecule has 0 aliphatic rings. The van der Waals surface area contributed by atoms with Crippen LogP contribution in [0.1, 0.15) is 5.56 Å². The maximum atomic E-state index is 12.3. The summed E-state index contributed by atoms with van der Waals surface area (Å²) in [6.07, 6.45) is -4.61. The fourth-order valence-electron chi connectivity index (χ4n) is 0.917. The minimum atomic E-state index is -4.61. The van der Waals surface area contributed by atoms with Gasteiger partial charge in [-0.15, -0.1) is 0 Å². The van der Waals surface area contributed by atoms with E-state index in [1.807, 2.05) is 0 Å². The second-order valence-corrected chi connectivity index (χ2v) is 2.99. The first kappa shape index (κ1) is 12.2. The second kappa shape index (κ2) is 4.30. The molecular weight excluding hydrogens is 235 g/mol. The van der Waals surface area contributed by atoms with Crippen molar-refractivity contribution in [2.24, 2.45) is 0 Å². The first-order valence-corrected chi connectivity index (χ1v) is 4.08. The van der Waals surface area contributed by atoms with Gasteiger partial charge in [-0.25, -0.2) is 0 Å². The van der Waals surface area contributed by atoms with Crippen LogP contribution in [-0.2, 0) is 6.18 Å². The first-order chi connectivity index (χ1) is 6.80. The molecule has 0 aromatic heterocycles. The normalized spacial score (nSPS) is 11.3.